The van der Waals surface area contributed by atoms with Gasteiger partial charge in [0.2, 0.25) is 5.88 Å². The summed E-state index contributed by atoms with van der Waals surface area (Å²) in [5.41, 5.74) is 9.32. The van der Waals surface area contributed by atoms with Crippen molar-refractivity contribution in [2.45, 2.75) is 19.7 Å². The van der Waals surface area contributed by atoms with E-state index in [1.54, 1.807) is 0 Å². The normalized spacial score (nSPS) is 14.2. The lowest BCUT2D eigenvalue weighted by Gasteiger charge is -2.25. The maximum atomic E-state index is 5.81. The van der Waals surface area contributed by atoms with Gasteiger partial charge in [-0.2, -0.15) is 0 Å². The molecule has 0 aromatic heterocycles. The topological polar surface area (TPSA) is 50.8 Å². The highest BCUT2D eigenvalue weighted by molar-refractivity contribution is 9.11. The Hall–Kier alpha value is -2.11. The molecule has 1 heterocycles. The van der Waals surface area contributed by atoms with Crippen LogP contribution in [0.15, 0.2) is 70.0 Å². The Morgan fingerprint density at radius 1 is 1.04 bits per heavy atom. The second-order valence-electron chi connectivity index (χ2n) is 5.61. The lowest BCUT2D eigenvalue weighted by atomic mass is 10.1. The van der Waals surface area contributed by atoms with Gasteiger partial charge in [0.15, 0.2) is 0 Å². The van der Waals surface area contributed by atoms with E-state index >= 15 is 0 Å². The summed E-state index contributed by atoms with van der Waals surface area (Å²) in [6.07, 6.45) is 1.83. The molecule has 0 fully saturated rings. The third-order valence-electron chi connectivity index (χ3n) is 3.84. The van der Waals surface area contributed by atoms with Crippen LogP contribution in [-0.2, 0) is 24.4 Å². The number of rotatable bonds is 6. The van der Waals surface area contributed by atoms with Crippen molar-refractivity contribution in [1.82, 2.24) is 4.90 Å². The molecule has 1 aliphatic heterocycles. The third-order valence-corrected chi connectivity index (χ3v) is 4.43. The summed E-state index contributed by atoms with van der Waals surface area (Å²) >= 11 is 3.59. The minimum atomic E-state index is 0.513. The van der Waals surface area contributed by atoms with Gasteiger partial charge < -0.3 is 15.4 Å². The number of nitrogens with zero attached hydrogens (tertiary/aromatic N) is 2. The number of nitrogens with two attached hydrogens (primary N) is 1. The molecule has 124 valence electrons. The van der Waals surface area contributed by atoms with Crippen molar-refractivity contribution in [3.63, 3.8) is 0 Å². The fourth-order valence-electron chi connectivity index (χ4n) is 2.56. The second-order valence-corrected chi connectivity index (χ2v) is 6.56. The molecule has 0 aliphatic carbocycles. The Morgan fingerprint density at radius 2 is 1.75 bits per heavy atom. The van der Waals surface area contributed by atoms with Crippen molar-refractivity contribution in [1.29, 1.82) is 0 Å². The highest BCUT2D eigenvalue weighted by atomic mass is 79.9. The number of hydrogen-bond acceptors (Lipinski definition) is 4. The van der Waals surface area contributed by atoms with E-state index in [1.807, 2.05) is 48.8 Å². The highest BCUT2D eigenvalue weighted by Crippen LogP contribution is 2.22. The largest absolute Gasteiger partial charge is 0.472 e. The zero-order valence-corrected chi connectivity index (χ0v) is 14.9. The molecule has 5 heteroatoms. The summed E-state index contributed by atoms with van der Waals surface area (Å²) in [6, 6.07) is 18.3. The number of hydrogen-bond donors (Lipinski definition) is 1. The maximum absolute atomic E-state index is 5.81. The molecule has 4 nitrogen and oxygen atoms in total. The van der Waals surface area contributed by atoms with E-state index in [1.165, 1.54) is 5.56 Å². The van der Waals surface area contributed by atoms with Crippen molar-refractivity contribution in [2.24, 2.45) is 10.7 Å². The second kappa shape index (κ2) is 8.13. The third kappa shape index (κ3) is 4.24. The summed E-state index contributed by atoms with van der Waals surface area (Å²) in [4.78, 5) is 6.57. The molecule has 0 radical (unpaired) electrons. The van der Waals surface area contributed by atoms with Gasteiger partial charge in [-0.05, 0) is 32.6 Å². The molecule has 1 aliphatic rings. The first-order chi connectivity index (χ1) is 11.8. The van der Waals surface area contributed by atoms with E-state index in [0.717, 1.165) is 28.7 Å². The Morgan fingerprint density at radius 3 is 2.46 bits per heavy atom. The first kappa shape index (κ1) is 16.7. The molecule has 0 amide bonds. The molecule has 3 rings (SSSR count). The lowest BCUT2D eigenvalue weighted by Crippen LogP contribution is -2.27. The van der Waals surface area contributed by atoms with Crippen molar-refractivity contribution in [2.75, 3.05) is 6.54 Å². The molecule has 2 aromatic carbocycles. The predicted octanol–water partition coefficient (Wildman–Crippen LogP) is 3.77. The lowest BCUT2D eigenvalue weighted by molar-refractivity contribution is 0.191. The fraction of sp³-hybridized carbons (Fsp3) is 0.211. The van der Waals surface area contributed by atoms with Crippen LogP contribution in [-0.4, -0.2) is 17.8 Å². The molecule has 24 heavy (non-hydrogen) atoms. The van der Waals surface area contributed by atoms with Gasteiger partial charge in [-0.15, -0.1) is 0 Å². The van der Waals surface area contributed by atoms with Gasteiger partial charge in [-0.1, -0.05) is 54.6 Å². The van der Waals surface area contributed by atoms with E-state index in [0.29, 0.717) is 19.0 Å². The summed E-state index contributed by atoms with van der Waals surface area (Å²) in [5, 5.41) is 0. The van der Waals surface area contributed by atoms with Gasteiger partial charge in [-0.25, -0.2) is 4.99 Å². The molecule has 0 bridgehead atoms. The summed E-state index contributed by atoms with van der Waals surface area (Å²) in [6.45, 7) is 2.56. The fourth-order valence-corrected chi connectivity index (χ4v) is 3.10. The monoisotopic (exact) mass is 385 g/mol. The van der Waals surface area contributed by atoms with Crippen LogP contribution in [0.1, 0.15) is 16.7 Å². The van der Waals surface area contributed by atoms with Gasteiger partial charge in [0.05, 0.1) is 17.4 Å². The Kier molecular flexibility index (Phi) is 5.67. The minimum Gasteiger partial charge on any atom is -0.472 e. The standard InChI is InChI=1S/C19H20BrN3O/c20-18-12-23(11-17-9-5-4-8-16(17)10-21)14-22-19(18)24-13-15-6-2-1-3-7-15/h1-9,14H,10-13,21H2. The maximum Gasteiger partial charge on any atom is 0.227 e. The van der Waals surface area contributed by atoms with Crippen LogP contribution < -0.4 is 5.73 Å². The molecule has 2 N–H and O–H groups in total. The van der Waals surface area contributed by atoms with Crippen molar-refractivity contribution in [3.8, 4) is 0 Å². The zero-order valence-electron chi connectivity index (χ0n) is 13.4. The van der Waals surface area contributed by atoms with Gasteiger partial charge in [-0.3, -0.25) is 0 Å². The van der Waals surface area contributed by atoms with Gasteiger partial charge in [0, 0.05) is 13.1 Å². The van der Waals surface area contributed by atoms with Crippen molar-refractivity contribution >= 4 is 22.3 Å². The van der Waals surface area contributed by atoms with Gasteiger partial charge >= 0.3 is 0 Å². The van der Waals surface area contributed by atoms with E-state index in [2.05, 4.69) is 38.0 Å². The van der Waals surface area contributed by atoms with Gasteiger partial charge in [0.25, 0.3) is 0 Å². The number of benzene rings is 2. The van der Waals surface area contributed by atoms with E-state index in [9.17, 15) is 0 Å². The van der Waals surface area contributed by atoms with Crippen LogP contribution in [0, 0.1) is 0 Å². The molecule has 0 saturated heterocycles. The molecular weight excluding hydrogens is 366 g/mol. The van der Waals surface area contributed by atoms with Crippen molar-refractivity contribution < 1.29 is 4.74 Å². The first-order valence-electron chi connectivity index (χ1n) is 7.86. The van der Waals surface area contributed by atoms with Crippen LogP contribution in [0.5, 0.6) is 0 Å². The average Bonchev–Trinajstić information content (AvgIpc) is 2.62. The zero-order chi connectivity index (χ0) is 16.8. The summed E-state index contributed by atoms with van der Waals surface area (Å²) in [5.74, 6) is 0.641. The van der Waals surface area contributed by atoms with E-state index < -0.39 is 0 Å². The SMILES string of the molecule is NCc1ccccc1CN1C=NC(OCc2ccccc2)=C(Br)C1. The number of aliphatic imine (C=N–C) groups is 1. The predicted molar refractivity (Wildman–Crippen MR) is 100 cm³/mol. The molecular formula is C19H20BrN3O. The smallest absolute Gasteiger partial charge is 0.227 e. The summed E-state index contributed by atoms with van der Waals surface area (Å²) in [7, 11) is 0. The highest BCUT2D eigenvalue weighted by Gasteiger charge is 2.15. The summed E-state index contributed by atoms with van der Waals surface area (Å²) < 4.78 is 6.76. The molecule has 2 aromatic rings. The first-order valence-corrected chi connectivity index (χ1v) is 8.66. The van der Waals surface area contributed by atoms with Crippen LogP contribution in [0.4, 0.5) is 0 Å². The van der Waals surface area contributed by atoms with Crippen LogP contribution >= 0.6 is 15.9 Å². The van der Waals surface area contributed by atoms with Gasteiger partial charge in [0.1, 0.15) is 6.61 Å². The van der Waals surface area contributed by atoms with Crippen LogP contribution in [0.25, 0.3) is 0 Å². The van der Waals surface area contributed by atoms with Crippen LogP contribution in [0.2, 0.25) is 0 Å². The molecule has 0 unspecified atom stereocenters. The molecule has 0 saturated carbocycles. The molecule has 0 spiro atoms. The van der Waals surface area contributed by atoms with Crippen molar-refractivity contribution in [3.05, 3.63) is 81.7 Å². The van der Waals surface area contributed by atoms with E-state index in [-0.39, 0.29) is 0 Å². The Labute approximate surface area is 150 Å². The Bertz CT molecular complexity index is 743. The average molecular weight is 386 g/mol. The quantitative estimate of drug-likeness (QED) is 0.822. The van der Waals surface area contributed by atoms with E-state index in [4.69, 9.17) is 10.5 Å². The Balaban J connectivity index is 1.60. The number of halogens is 1. The van der Waals surface area contributed by atoms with Crippen LogP contribution in [0.3, 0.4) is 0 Å². The minimum absolute atomic E-state index is 0.513. The number of ether oxygens (including phenoxy) is 1. The molecule has 0 atom stereocenters.